The molecule has 19 heavy (non-hydrogen) atoms. The first kappa shape index (κ1) is 16.0. The molecule has 0 saturated carbocycles. The molecular weight excluding hydrogens is 239 g/mol. The molecule has 1 N–H and O–H groups in total. The van der Waals surface area contributed by atoms with Gasteiger partial charge in [-0.2, -0.15) is 0 Å². The lowest BCUT2D eigenvalue weighted by Crippen LogP contribution is -2.35. The van der Waals surface area contributed by atoms with E-state index in [0.717, 1.165) is 37.1 Å². The summed E-state index contributed by atoms with van der Waals surface area (Å²) in [6, 6.07) is 5.73. The first-order valence-corrected chi connectivity index (χ1v) is 7.34. The number of nitrogens with one attached hydrogen (secondary N) is 1. The zero-order valence-corrected chi connectivity index (χ0v) is 12.7. The van der Waals surface area contributed by atoms with Crippen LogP contribution in [0, 0.1) is 5.82 Å². The third-order valence-electron chi connectivity index (χ3n) is 3.60. The van der Waals surface area contributed by atoms with Gasteiger partial charge in [-0.3, -0.25) is 0 Å². The summed E-state index contributed by atoms with van der Waals surface area (Å²) in [6.45, 7) is 8.12. The van der Waals surface area contributed by atoms with Crippen LogP contribution in [0.3, 0.4) is 0 Å². The van der Waals surface area contributed by atoms with Gasteiger partial charge in [0.2, 0.25) is 0 Å². The molecule has 0 aliphatic carbocycles. The van der Waals surface area contributed by atoms with Gasteiger partial charge in [-0.1, -0.05) is 32.4 Å². The van der Waals surface area contributed by atoms with E-state index in [1.165, 1.54) is 0 Å². The number of nitrogens with zero attached hydrogens (tertiary/aromatic N) is 1. The van der Waals surface area contributed by atoms with E-state index < -0.39 is 0 Å². The molecule has 0 bridgehead atoms. The smallest absolute Gasteiger partial charge is 0.146 e. The van der Waals surface area contributed by atoms with Crippen molar-refractivity contribution in [2.45, 2.75) is 52.6 Å². The predicted octanol–water partition coefficient (Wildman–Crippen LogP) is 3.95. The second-order valence-electron chi connectivity index (χ2n) is 5.08. The van der Waals surface area contributed by atoms with E-state index in [1.807, 2.05) is 13.1 Å². The van der Waals surface area contributed by atoms with Gasteiger partial charge in [0.15, 0.2) is 0 Å². The van der Waals surface area contributed by atoms with Gasteiger partial charge < -0.3 is 10.2 Å². The Bertz CT molecular complexity index is 379. The molecule has 0 fully saturated rings. The molecule has 0 aliphatic heterocycles. The Morgan fingerprint density at radius 2 is 2.05 bits per heavy atom. The highest BCUT2D eigenvalue weighted by atomic mass is 19.1. The first-order chi connectivity index (χ1) is 9.15. The van der Waals surface area contributed by atoms with Crippen molar-refractivity contribution in [3.8, 4) is 0 Å². The number of rotatable bonds is 8. The van der Waals surface area contributed by atoms with Gasteiger partial charge in [0.1, 0.15) is 5.82 Å². The molecule has 0 heterocycles. The number of benzene rings is 1. The Morgan fingerprint density at radius 1 is 1.32 bits per heavy atom. The summed E-state index contributed by atoms with van der Waals surface area (Å²) >= 11 is 0. The molecule has 0 spiro atoms. The normalized spacial score (nSPS) is 12.5. The Morgan fingerprint density at radius 3 is 2.63 bits per heavy atom. The highest BCUT2D eigenvalue weighted by Crippen LogP contribution is 2.27. The summed E-state index contributed by atoms with van der Waals surface area (Å²) in [5, 5.41) is 3.13. The van der Waals surface area contributed by atoms with E-state index in [9.17, 15) is 4.39 Å². The molecule has 1 atom stereocenters. The van der Waals surface area contributed by atoms with Gasteiger partial charge in [0.05, 0.1) is 5.69 Å². The van der Waals surface area contributed by atoms with Gasteiger partial charge in [0, 0.05) is 19.1 Å². The van der Waals surface area contributed by atoms with E-state index in [2.05, 4.69) is 31.0 Å². The van der Waals surface area contributed by atoms with E-state index in [-0.39, 0.29) is 5.82 Å². The number of hydrogen-bond acceptors (Lipinski definition) is 2. The minimum absolute atomic E-state index is 0.107. The SMILES string of the molecule is CCCCN(c1c(F)cccc1CNC)C(C)CC. The molecule has 1 aromatic carbocycles. The first-order valence-electron chi connectivity index (χ1n) is 7.34. The fourth-order valence-corrected chi connectivity index (χ4v) is 2.32. The van der Waals surface area contributed by atoms with Gasteiger partial charge >= 0.3 is 0 Å². The summed E-state index contributed by atoms with van der Waals surface area (Å²) in [5.74, 6) is -0.107. The van der Waals surface area contributed by atoms with Crippen LogP contribution < -0.4 is 10.2 Å². The second-order valence-corrected chi connectivity index (χ2v) is 5.08. The number of unbranched alkanes of at least 4 members (excludes halogenated alkanes) is 1. The van der Waals surface area contributed by atoms with Crippen molar-refractivity contribution in [1.29, 1.82) is 0 Å². The maximum Gasteiger partial charge on any atom is 0.146 e. The predicted molar refractivity (Wildman–Crippen MR) is 81.2 cm³/mol. The maximum atomic E-state index is 14.3. The molecule has 0 saturated heterocycles. The van der Waals surface area contributed by atoms with Crippen molar-refractivity contribution in [3.63, 3.8) is 0 Å². The third kappa shape index (κ3) is 4.20. The molecule has 1 rings (SSSR count). The van der Waals surface area contributed by atoms with E-state index in [4.69, 9.17) is 0 Å². The standard InChI is InChI=1S/C16H27FN2/c1-5-7-11-19(13(3)6-2)16-14(12-18-4)9-8-10-15(16)17/h8-10,13,18H,5-7,11-12H2,1-4H3. The van der Waals surface area contributed by atoms with Crippen molar-refractivity contribution < 1.29 is 4.39 Å². The summed E-state index contributed by atoms with van der Waals surface area (Å²) in [5.41, 5.74) is 1.82. The Hall–Kier alpha value is -1.09. The van der Waals surface area contributed by atoms with Crippen LogP contribution in [0.2, 0.25) is 0 Å². The monoisotopic (exact) mass is 266 g/mol. The number of anilines is 1. The minimum atomic E-state index is -0.107. The number of halogens is 1. The van der Waals surface area contributed by atoms with Crippen LogP contribution in [-0.4, -0.2) is 19.6 Å². The molecule has 1 aromatic rings. The molecule has 0 radical (unpaired) electrons. The lowest BCUT2D eigenvalue weighted by atomic mass is 10.1. The van der Waals surface area contributed by atoms with Gasteiger partial charge in [-0.25, -0.2) is 4.39 Å². The van der Waals surface area contributed by atoms with Crippen molar-refractivity contribution in [2.24, 2.45) is 0 Å². The number of para-hydroxylation sites is 1. The van der Waals surface area contributed by atoms with Crippen LogP contribution >= 0.6 is 0 Å². The molecule has 0 aromatic heterocycles. The van der Waals surface area contributed by atoms with E-state index in [0.29, 0.717) is 12.6 Å². The fraction of sp³-hybridized carbons (Fsp3) is 0.625. The zero-order valence-electron chi connectivity index (χ0n) is 12.7. The summed E-state index contributed by atoms with van der Waals surface area (Å²) in [6.07, 6.45) is 3.25. The summed E-state index contributed by atoms with van der Waals surface area (Å²) in [7, 11) is 1.90. The van der Waals surface area contributed by atoms with Gasteiger partial charge in [0.25, 0.3) is 0 Å². The Labute approximate surface area is 117 Å². The third-order valence-corrected chi connectivity index (χ3v) is 3.60. The van der Waals surface area contributed by atoms with Crippen molar-refractivity contribution in [2.75, 3.05) is 18.5 Å². The highest BCUT2D eigenvalue weighted by Gasteiger charge is 2.19. The largest absolute Gasteiger partial charge is 0.366 e. The average molecular weight is 266 g/mol. The lowest BCUT2D eigenvalue weighted by molar-refractivity contribution is 0.560. The van der Waals surface area contributed by atoms with E-state index in [1.54, 1.807) is 12.1 Å². The molecule has 3 heteroatoms. The Balaban J connectivity index is 3.11. The Kier molecular flexibility index (Phi) is 6.85. The molecular formula is C16H27FN2. The average Bonchev–Trinajstić information content (AvgIpc) is 2.41. The van der Waals surface area contributed by atoms with Crippen molar-refractivity contribution >= 4 is 5.69 Å². The minimum Gasteiger partial charge on any atom is -0.366 e. The quantitative estimate of drug-likeness (QED) is 0.766. The summed E-state index contributed by atoms with van der Waals surface area (Å²) in [4.78, 5) is 2.23. The molecule has 0 aliphatic rings. The van der Waals surface area contributed by atoms with Crippen LogP contribution in [-0.2, 0) is 6.54 Å². The lowest BCUT2D eigenvalue weighted by Gasteiger charge is -2.33. The van der Waals surface area contributed by atoms with Gasteiger partial charge in [-0.05, 0) is 38.4 Å². The number of hydrogen-bond donors (Lipinski definition) is 1. The van der Waals surface area contributed by atoms with Crippen LogP contribution in [0.4, 0.5) is 10.1 Å². The van der Waals surface area contributed by atoms with Crippen molar-refractivity contribution in [1.82, 2.24) is 5.32 Å². The highest BCUT2D eigenvalue weighted by molar-refractivity contribution is 5.55. The molecule has 0 amide bonds. The zero-order chi connectivity index (χ0) is 14.3. The van der Waals surface area contributed by atoms with E-state index >= 15 is 0 Å². The fourth-order valence-electron chi connectivity index (χ4n) is 2.32. The van der Waals surface area contributed by atoms with Crippen LogP contribution in [0.15, 0.2) is 18.2 Å². The second kappa shape index (κ2) is 8.16. The molecule has 108 valence electrons. The van der Waals surface area contributed by atoms with Crippen molar-refractivity contribution in [3.05, 3.63) is 29.6 Å². The summed E-state index contributed by atoms with van der Waals surface area (Å²) < 4.78 is 14.3. The van der Waals surface area contributed by atoms with Crippen LogP contribution in [0.5, 0.6) is 0 Å². The van der Waals surface area contributed by atoms with Crippen LogP contribution in [0.1, 0.15) is 45.6 Å². The molecule has 1 unspecified atom stereocenters. The van der Waals surface area contributed by atoms with Gasteiger partial charge in [-0.15, -0.1) is 0 Å². The topological polar surface area (TPSA) is 15.3 Å². The molecule has 2 nitrogen and oxygen atoms in total. The van der Waals surface area contributed by atoms with Crippen LogP contribution in [0.25, 0.3) is 0 Å². The maximum absolute atomic E-state index is 14.3.